The first-order chi connectivity index (χ1) is 3.97. The molecule has 0 atom stereocenters. The van der Waals surface area contributed by atoms with Crippen LogP contribution in [-0.2, 0) is 0 Å². The van der Waals surface area contributed by atoms with Crippen molar-refractivity contribution in [1.82, 2.24) is 0 Å². The standard InChI is InChI=1S/C7H4S/c1-2-7(8-5-1)6-3-4-6/h1-2,5-6H. The van der Waals surface area contributed by atoms with Gasteiger partial charge in [-0.2, -0.15) is 0 Å². The van der Waals surface area contributed by atoms with Crippen LogP contribution >= 0.6 is 11.3 Å². The van der Waals surface area contributed by atoms with E-state index in [9.17, 15) is 0 Å². The van der Waals surface area contributed by atoms with Crippen molar-refractivity contribution in [2.75, 3.05) is 0 Å². The number of rotatable bonds is 1. The maximum atomic E-state index is 3.00. The number of hydrogen-bond acceptors (Lipinski definition) is 1. The molecule has 0 unspecified atom stereocenters. The molecule has 0 amide bonds. The van der Waals surface area contributed by atoms with Crippen LogP contribution in [0.4, 0.5) is 0 Å². The van der Waals surface area contributed by atoms with Crippen molar-refractivity contribution in [2.24, 2.45) is 0 Å². The summed E-state index contributed by atoms with van der Waals surface area (Å²) in [6.45, 7) is 0. The first-order valence-electron chi connectivity index (χ1n) is 2.51. The Morgan fingerprint density at radius 2 is 2.38 bits per heavy atom. The van der Waals surface area contributed by atoms with Gasteiger partial charge in [0.05, 0.1) is 0 Å². The first-order valence-corrected chi connectivity index (χ1v) is 3.39. The van der Waals surface area contributed by atoms with Gasteiger partial charge in [0, 0.05) is 4.88 Å². The quantitative estimate of drug-likeness (QED) is 0.496. The second-order valence-corrected chi connectivity index (χ2v) is 2.72. The highest BCUT2D eigenvalue weighted by Crippen LogP contribution is 2.25. The summed E-state index contributed by atoms with van der Waals surface area (Å²) >= 11 is 1.77. The van der Waals surface area contributed by atoms with E-state index in [1.807, 2.05) is 0 Å². The van der Waals surface area contributed by atoms with Crippen LogP contribution in [0.2, 0.25) is 0 Å². The lowest BCUT2D eigenvalue weighted by Crippen LogP contribution is -1.69. The van der Waals surface area contributed by atoms with Crippen LogP contribution in [0.1, 0.15) is 10.8 Å². The summed E-state index contributed by atoms with van der Waals surface area (Å²) in [6.07, 6.45) is 0. The predicted molar refractivity (Wildman–Crippen MR) is 34.8 cm³/mol. The van der Waals surface area contributed by atoms with Crippen molar-refractivity contribution < 1.29 is 0 Å². The first kappa shape index (κ1) is 4.17. The Labute approximate surface area is 52.2 Å². The molecule has 0 nitrogen and oxygen atoms in total. The van der Waals surface area contributed by atoms with Crippen LogP contribution in [-0.4, -0.2) is 0 Å². The van der Waals surface area contributed by atoms with Gasteiger partial charge in [0.2, 0.25) is 0 Å². The molecule has 1 aliphatic carbocycles. The molecule has 0 spiro atoms. The van der Waals surface area contributed by atoms with Gasteiger partial charge < -0.3 is 0 Å². The zero-order chi connectivity index (χ0) is 5.40. The molecule has 0 aromatic carbocycles. The molecular formula is C7H4S. The molecule has 0 saturated carbocycles. The van der Waals surface area contributed by atoms with Crippen molar-refractivity contribution in [1.29, 1.82) is 0 Å². The topological polar surface area (TPSA) is 0 Å². The molecule has 38 valence electrons. The van der Waals surface area contributed by atoms with Crippen molar-refractivity contribution in [3.63, 3.8) is 0 Å². The lowest BCUT2D eigenvalue weighted by atomic mass is 10.3. The van der Waals surface area contributed by atoms with E-state index in [0.717, 1.165) is 0 Å². The highest BCUT2D eigenvalue weighted by molar-refractivity contribution is 7.10. The van der Waals surface area contributed by atoms with Gasteiger partial charge in [-0.3, -0.25) is 0 Å². The smallest absolute Gasteiger partial charge is 0.115 e. The summed E-state index contributed by atoms with van der Waals surface area (Å²) in [5.74, 6) is 6.45. The van der Waals surface area contributed by atoms with Crippen molar-refractivity contribution in [2.45, 2.75) is 5.92 Å². The number of thiophene rings is 1. The molecule has 0 aliphatic heterocycles. The Hall–Kier alpha value is -0.740. The van der Waals surface area contributed by atoms with Crippen LogP contribution in [0.3, 0.4) is 0 Å². The molecule has 1 heterocycles. The minimum atomic E-state index is 0.454. The predicted octanol–water partition coefficient (Wildman–Crippen LogP) is 1.85. The summed E-state index contributed by atoms with van der Waals surface area (Å²) in [7, 11) is 0. The Kier molecular flexibility index (Phi) is 0.712. The third kappa shape index (κ3) is 0.543. The van der Waals surface area contributed by atoms with Crippen molar-refractivity contribution in [3.8, 4) is 11.8 Å². The zero-order valence-corrected chi connectivity index (χ0v) is 5.03. The third-order valence-electron chi connectivity index (χ3n) is 1.12. The maximum Gasteiger partial charge on any atom is 0.115 e. The van der Waals surface area contributed by atoms with Gasteiger partial charge in [-0.15, -0.1) is 11.3 Å². The summed E-state index contributed by atoms with van der Waals surface area (Å²) in [5.41, 5.74) is 0. The van der Waals surface area contributed by atoms with Crippen LogP contribution < -0.4 is 0 Å². The Morgan fingerprint density at radius 1 is 1.50 bits per heavy atom. The third-order valence-corrected chi connectivity index (χ3v) is 2.05. The zero-order valence-electron chi connectivity index (χ0n) is 4.22. The molecule has 1 aromatic rings. The SMILES string of the molecule is C1#CC1c1cccs1. The van der Waals surface area contributed by atoms with Crippen LogP contribution in [0, 0.1) is 11.8 Å². The molecular weight excluding hydrogens is 116 g/mol. The Balaban J connectivity index is 2.29. The second kappa shape index (κ2) is 1.37. The highest BCUT2D eigenvalue weighted by Gasteiger charge is 2.12. The Morgan fingerprint density at radius 3 is 2.88 bits per heavy atom. The molecule has 8 heavy (non-hydrogen) atoms. The molecule has 1 aromatic heterocycles. The van der Waals surface area contributed by atoms with E-state index in [1.165, 1.54) is 4.88 Å². The van der Waals surface area contributed by atoms with E-state index < -0.39 is 0 Å². The van der Waals surface area contributed by atoms with Gasteiger partial charge in [0.15, 0.2) is 0 Å². The highest BCUT2D eigenvalue weighted by atomic mass is 32.1. The van der Waals surface area contributed by atoms with Crippen molar-refractivity contribution in [3.05, 3.63) is 22.4 Å². The molecule has 0 N–H and O–H groups in total. The molecule has 0 bridgehead atoms. The van der Waals surface area contributed by atoms with Crippen molar-refractivity contribution >= 4 is 11.3 Å². The fourth-order valence-electron chi connectivity index (χ4n) is 0.639. The van der Waals surface area contributed by atoms with E-state index in [-0.39, 0.29) is 0 Å². The van der Waals surface area contributed by atoms with Crippen LogP contribution in [0.5, 0.6) is 0 Å². The lowest BCUT2D eigenvalue weighted by Gasteiger charge is -1.82. The van der Waals surface area contributed by atoms with E-state index in [0.29, 0.717) is 5.92 Å². The van der Waals surface area contributed by atoms with Gasteiger partial charge in [-0.25, -0.2) is 0 Å². The minimum absolute atomic E-state index is 0.454. The van der Waals surface area contributed by atoms with Gasteiger partial charge in [0.1, 0.15) is 5.92 Å². The van der Waals surface area contributed by atoms with Crippen LogP contribution in [0.15, 0.2) is 17.5 Å². The normalized spacial score (nSPS) is 15.0. The summed E-state index contributed by atoms with van der Waals surface area (Å²) in [5, 5.41) is 2.08. The second-order valence-electron chi connectivity index (χ2n) is 1.74. The molecule has 2 rings (SSSR count). The van der Waals surface area contributed by atoms with Gasteiger partial charge in [-0.1, -0.05) is 17.9 Å². The van der Waals surface area contributed by atoms with E-state index in [1.54, 1.807) is 11.3 Å². The van der Waals surface area contributed by atoms with E-state index in [2.05, 4.69) is 29.4 Å². The maximum absolute atomic E-state index is 3.00. The fraction of sp³-hybridized carbons (Fsp3) is 0.143. The molecule has 0 saturated heterocycles. The average molecular weight is 120 g/mol. The van der Waals surface area contributed by atoms with E-state index in [4.69, 9.17) is 0 Å². The van der Waals surface area contributed by atoms with E-state index >= 15 is 0 Å². The van der Waals surface area contributed by atoms with Gasteiger partial charge >= 0.3 is 0 Å². The fourth-order valence-corrected chi connectivity index (χ4v) is 1.36. The van der Waals surface area contributed by atoms with Gasteiger partial charge in [0.25, 0.3) is 0 Å². The van der Waals surface area contributed by atoms with Gasteiger partial charge in [-0.05, 0) is 11.4 Å². The largest absolute Gasteiger partial charge is 0.147 e. The average Bonchev–Trinajstić information content (AvgIpc) is 2.49. The molecule has 1 aliphatic rings. The van der Waals surface area contributed by atoms with Crippen LogP contribution in [0.25, 0.3) is 0 Å². The lowest BCUT2D eigenvalue weighted by molar-refractivity contribution is 1.34. The Bertz CT molecular complexity index is 227. The molecule has 1 heteroatoms. The monoisotopic (exact) mass is 120 g/mol. The minimum Gasteiger partial charge on any atom is -0.147 e. The number of hydrogen-bond donors (Lipinski definition) is 0. The molecule has 0 fully saturated rings. The summed E-state index contributed by atoms with van der Waals surface area (Å²) in [6, 6.07) is 4.17. The molecule has 0 radical (unpaired) electrons. The summed E-state index contributed by atoms with van der Waals surface area (Å²) < 4.78 is 0. The summed E-state index contributed by atoms with van der Waals surface area (Å²) in [4.78, 5) is 1.37.